The summed E-state index contributed by atoms with van der Waals surface area (Å²) in [5.74, 6) is -1.62. The molecule has 0 amide bonds. The fourth-order valence-electron chi connectivity index (χ4n) is 4.38. The zero-order chi connectivity index (χ0) is 23.4. The number of halogens is 3. The molecular formula is C27H27F3O3. The van der Waals surface area contributed by atoms with Crippen LogP contribution in [-0.4, -0.2) is 17.8 Å². The van der Waals surface area contributed by atoms with E-state index in [1.54, 1.807) is 12.1 Å². The van der Waals surface area contributed by atoms with E-state index in [2.05, 4.69) is 0 Å². The highest BCUT2D eigenvalue weighted by Gasteiger charge is 2.24. The Morgan fingerprint density at radius 1 is 0.879 bits per heavy atom. The van der Waals surface area contributed by atoms with Crippen molar-refractivity contribution in [1.82, 2.24) is 0 Å². The minimum Gasteiger partial charge on any atom is -0.508 e. The van der Waals surface area contributed by atoms with Crippen LogP contribution in [-0.2, 0) is 11.3 Å². The van der Waals surface area contributed by atoms with Crippen LogP contribution < -0.4 is 4.74 Å². The molecular weight excluding hydrogens is 429 g/mol. The van der Waals surface area contributed by atoms with E-state index in [-0.39, 0.29) is 47.1 Å². The Kier molecular flexibility index (Phi) is 7.23. The predicted octanol–water partition coefficient (Wildman–Crippen LogP) is 7.12. The van der Waals surface area contributed by atoms with Crippen LogP contribution in [0.5, 0.6) is 11.5 Å². The predicted molar refractivity (Wildman–Crippen MR) is 121 cm³/mol. The van der Waals surface area contributed by atoms with Crippen molar-refractivity contribution in [3.63, 3.8) is 0 Å². The number of hydrogen-bond acceptors (Lipinski definition) is 3. The van der Waals surface area contributed by atoms with Crippen LogP contribution in [0, 0.1) is 17.5 Å². The van der Waals surface area contributed by atoms with Gasteiger partial charge in [-0.2, -0.15) is 0 Å². The monoisotopic (exact) mass is 456 g/mol. The van der Waals surface area contributed by atoms with E-state index in [1.165, 1.54) is 36.4 Å². The summed E-state index contributed by atoms with van der Waals surface area (Å²) < 4.78 is 54.6. The molecule has 1 fully saturated rings. The Hall–Kier alpha value is -2.99. The topological polar surface area (TPSA) is 38.7 Å². The molecule has 1 saturated carbocycles. The fourth-order valence-corrected chi connectivity index (χ4v) is 4.38. The number of aromatic hydroxyl groups is 1. The maximum absolute atomic E-state index is 14.6. The Labute approximate surface area is 191 Å². The first-order valence-electron chi connectivity index (χ1n) is 11.3. The Bertz CT molecular complexity index is 1090. The molecule has 1 aliphatic rings. The molecule has 0 spiro atoms. The Morgan fingerprint density at radius 3 is 2.27 bits per heavy atom. The lowest BCUT2D eigenvalue weighted by atomic mass is 9.82. The zero-order valence-corrected chi connectivity index (χ0v) is 18.5. The van der Waals surface area contributed by atoms with Crippen LogP contribution in [0.1, 0.15) is 49.7 Å². The number of hydrogen-bond donors (Lipinski definition) is 1. The lowest BCUT2D eigenvalue weighted by Crippen LogP contribution is -2.21. The molecule has 0 heterocycles. The highest BCUT2D eigenvalue weighted by Crippen LogP contribution is 2.36. The van der Waals surface area contributed by atoms with E-state index in [0.717, 1.165) is 31.2 Å². The second kappa shape index (κ2) is 10.3. The van der Waals surface area contributed by atoms with Gasteiger partial charge in [0.15, 0.2) is 23.2 Å². The number of phenols is 1. The summed E-state index contributed by atoms with van der Waals surface area (Å²) in [5, 5.41) is 9.38. The van der Waals surface area contributed by atoms with Crippen molar-refractivity contribution in [3.8, 4) is 22.6 Å². The maximum atomic E-state index is 14.6. The second-order valence-corrected chi connectivity index (χ2v) is 8.35. The molecule has 0 unspecified atom stereocenters. The molecule has 3 nitrogen and oxygen atoms in total. The van der Waals surface area contributed by atoms with Gasteiger partial charge in [-0.25, -0.2) is 13.2 Å². The first-order valence-corrected chi connectivity index (χ1v) is 11.3. The van der Waals surface area contributed by atoms with Gasteiger partial charge in [-0.15, -0.1) is 0 Å². The third-order valence-electron chi connectivity index (χ3n) is 6.22. The van der Waals surface area contributed by atoms with Crippen LogP contribution in [0.4, 0.5) is 13.2 Å². The molecule has 33 heavy (non-hydrogen) atoms. The van der Waals surface area contributed by atoms with Crippen LogP contribution in [0.3, 0.4) is 0 Å². The van der Waals surface area contributed by atoms with Crippen LogP contribution in [0.2, 0.25) is 0 Å². The summed E-state index contributed by atoms with van der Waals surface area (Å²) in [7, 11) is 0. The number of benzene rings is 3. The van der Waals surface area contributed by atoms with Crippen LogP contribution in [0.25, 0.3) is 11.1 Å². The van der Waals surface area contributed by atoms with Crippen molar-refractivity contribution < 1.29 is 27.8 Å². The fraction of sp³-hybridized carbons (Fsp3) is 0.333. The standard InChI is InChI=1S/C27H27F3O3/c1-2-32-25-14-8-19(15-24(25)28)17-5-11-22(12-6-17)33-16-20-7-13-23(27(30)26(20)29)18-3-9-21(31)10-4-18/h3-4,7-10,13-15,17,22,31H,2,5-6,11-12,16H2,1H3. The third kappa shape index (κ3) is 5.33. The summed E-state index contributed by atoms with van der Waals surface area (Å²) in [6, 6.07) is 14.1. The molecule has 1 N–H and O–H groups in total. The molecule has 0 aromatic heterocycles. The van der Waals surface area contributed by atoms with Gasteiger partial charge in [0.2, 0.25) is 0 Å². The number of ether oxygens (including phenoxy) is 2. The molecule has 0 aliphatic heterocycles. The number of rotatable bonds is 7. The van der Waals surface area contributed by atoms with E-state index < -0.39 is 11.6 Å². The van der Waals surface area contributed by atoms with Crippen molar-refractivity contribution >= 4 is 0 Å². The van der Waals surface area contributed by atoms with E-state index in [4.69, 9.17) is 9.47 Å². The van der Waals surface area contributed by atoms with Gasteiger partial charge in [-0.3, -0.25) is 0 Å². The minimum atomic E-state index is -0.928. The molecule has 0 saturated heterocycles. The van der Waals surface area contributed by atoms with E-state index in [9.17, 15) is 18.3 Å². The maximum Gasteiger partial charge on any atom is 0.167 e. The summed E-state index contributed by atoms with van der Waals surface area (Å²) in [6.45, 7) is 2.23. The smallest absolute Gasteiger partial charge is 0.167 e. The Balaban J connectivity index is 1.34. The van der Waals surface area contributed by atoms with E-state index >= 15 is 0 Å². The third-order valence-corrected chi connectivity index (χ3v) is 6.22. The highest BCUT2D eigenvalue weighted by atomic mass is 19.2. The first-order chi connectivity index (χ1) is 16.0. The quantitative estimate of drug-likeness (QED) is 0.411. The molecule has 3 aromatic rings. The lowest BCUT2D eigenvalue weighted by molar-refractivity contribution is 0.0119. The van der Waals surface area contributed by atoms with Crippen molar-refractivity contribution in [2.75, 3.05) is 6.61 Å². The molecule has 4 rings (SSSR count). The second-order valence-electron chi connectivity index (χ2n) is 8.35. The van der Waals surface area contributed by atoms with Gasteiger partial charge in [0.1, 0.15) is 5.75 Å². The molecule has 6 heteroatoms. The van der Waals surface area contributed by atoms with Crippen molar-refractivity contribution in [2.45, 2.75) is 51.2 Å². The molecule has 3 aromatic carbocycles. The van der Waals surface area contributed by atoms with Gasteiger partial charge in [-0.05, 0) is 73.9 Å². The van der Waals surface area contributed by atoms with Crippen molar-refractivity contribution in [3.05, 3.63) is 83.2 Å². The number of phenolic OH excluding ortho intramolecular Hbond substituents is 1. The van der Waals surface area contributed by atoms with Crippen molar-refractivity contribution in [2.24, 2.45) is 0 Å². The molecule has 174 valence electrons. The van der Waals surface area contributed by atoms with E-state index in [0.29, 0.717) is 12.2 Å². The Morgan fingerprint density at radius 2 is 1.61 bits per heavy atom. The van der Waals surface area contributed by atoms with Gasteiger partial charge in [-0.1, -0.05) is 30.3 Å². The summed E-state index contributed by atoms with van der Waals surface area (Å²) >= 11 is 0. The largest absolute Gasteiger partial charge is 0.508 e. The van der Waals surface area contributed by atoms with Gasteiger partial charge in [0.25, 0.3) is 0 Å². The normalized spacial score (nSPS) is 18.3. The minimum absolute atomic E-state index is 0.00831. The molecule has 0 atom stereocenters. The van der Waals surface area contributed by atoms with Crippen molar-refractivity contribution in [1.29, 1.82) is 0 Å². The molecule has 1 aliphatic carbocycles. The summed E-state index contributed by atoms with van der Waals surface area (Å²) in [5.41, 5.74) is 1.75. The zero-order valence-electron chi connectivity index (χ0n) is 18.5. The molecule has 0 bridgehead atoms. The van der Waals surface area contributed by atoms with Gasteiger partial charge in [0, 0.05) is 11.1 Å². The van der Waals surface area contributed by atoms with Crippen LogP contribution in [0.15, 0.2) is 54.6 Å². The van der Waals surface area contributed by atoms with Gasteiger partial charge >= 0.3 is 0 Å². The molecule has 0 radical (unpaired) electrons. The van der Waals surface area contributed by atoms with E-state index in [1.807, 2.05) is 13.0 Å². The summed E-state index contributed by atoms with van der Waals surface area (Å²) in [6.07, 6.45) is 3.18. The highest BCUT2D eigenvalue weighted by molar-refractivity contribution is 5.65. The first kappa shape index (κ1) is 23.2. The average molecular weight is 457 g/mol. The van der Waals surface area contributed by atoms with Gasteiger partial charge in [0.05, 0.1) is 19.3 Å². The lowest BCUT2D eigenvalue weighted by Gasteiger charge is -2.29. The van der Waals surface area contributed by atoms with Gasteiger partial charge < -0.3 is 14.6 Å². The average Bonchev–Trinajstić information content (AvgIpc) is 2.82. The van der Waals surface area contributed by atoms with Crippen LogP contribution >= 0.6 is 0 Å². The SMILES string of the molecule is CCOc1ccc(C2CCC(OCc3ccc(-c4ccc(O)cc4)c(F)c3F)CC2)cc1F. The summed E-state index contributed by atoms with van der Waals surface area (Å²) in [4.78, 5) is 0.